The van der Waals surface area contributed by atoms with Crippen molar-refractivity contribution >= 4 is 48.9 Å². The lowest BCUT2D eigenvalue weighted by Gasteiger charge is -2.26. The summed E-state index contributed by atoms with van der Waals surface area (Å²) in [6.07, 6.45) is 0. The Balaban J connectivity index is 2.03. The lowest BCUT2D eigenvalue weighted by Crippen LogP contribution is -2.38. The maximum Gasteiger partial charge on any atom is 0.264 e. The molecular formula is C25H28ClN3O7S2. The molecule has 1 amide bonds. The average Bonchev–Trinajstić information content (AvgIpc) is 2.87. The van der Waals surface area contributed by atoms with Crippen LogP contribution in [0.2, 0.25) is 5.02 Å². The third-order valence-electron chi connectivity index (χ3n) is 5.17. The molecule has 3 rings (SSSR count). The number of halogens is 1. The lowest BCUT2D eigenvalue weighted by atomic mass is 10.2. The fourth-order valence-corrected chi connectivity index (χ4v) is 6.42. The second-order valence-electron chi connectivity index (χ2n) is 8.33. The molecule has 0 heterocycles. The normalized spacial score (nSPS) is 11.7. The van der Waals surface area contributed by atoms with Crippen molar-refractivity contribution in [2.45, 2.75) is 29.7 Å². The van der Waals surface area contributed by atoms with Crippen LogP contribution in [-0.2, 0) is 24.8 Å². The molecule has 0 aliphatic heterocycles. The van der Waals surface area contributed by atoms with Gasteiger partial charge in [-0.3, -0.25) is 9.10 Å². The summed E-state index contributed by atoms with van der Waals surface area (Å²) in [5.41, 5.74) is 0.0858. The molecule has 204 valence electrons. The molecule has 38 heavy (non-hydrogen) atoms. The van der Waals surface area contributed by atoms with Crippen LogP contribution in [0.25, 0.3) is 0 Å². The Morgan fingerprint density at radius 3 is 2.13 bits per heavy atom. The monoisotopic (exact) mass is 581 g/mol. The van der Waals surface area contributed by atoms with Gasteiger partial charge in [0.05, 0.1) is 35.4 Å². The number of benzene rings is 3. The minimum atomic E-state index is -4.25. The van der Waals surface area contributed by atoms with Crippen molar-refractivity contribution < 1.29 is 31.1 Å². The zero-order valence-electron chi connectivity index (χ0n) is 21.1. The number of rotatable bonds is 11. The number of hydrogen-bond donors (Lipinski definition) is 2. The minimum absolute atomic E-state index is 0.0410. The van der Waals surface area contributed by atoms with E-state index < -0.39 is 32.5 Å². The topological polar surface area (TPSA) is 131 Å². The molecule has 0 aromatic heterocycles. The van der Waals surface area contributed by atoms with Crippen LogP contribution in [0.3, 0.4) is 0 Å². The summed E-state index contributed by atoms with van der Waals surface area (Å²) in [6, 6.07) is 15.6. The van der Waals surface area contributed by atoms with E-state index in [1.807, 2.05) is 0 Å². The van der Waals surface area contributed by atoms with Gasteiger partial charge in [-0.25, -0.2) is 21.6 Å². The Labute approximate surface area is 227 Å². The Bertz CT molecular complexity index is 1510. The van der Waals surface area contributed by atoms with E-state index >= 15 is 0 Å². The summed E-state index contributed by atoms with van der Waals surface area (Å²) >= 11 is 6.16. The summed E-state index contributed by atoms with van der Waals surface area (Å²) < 4.78 is 66.6. The van der Waals surface area contributed by atoms with Gasteiger partial charge in [0.1, 0.15) is 18.0 Å². The molecule has 0 unspecified atom stereocenters. The molecule has 3 aromatic rings. The van der Waals surface area contributed by atoms with Crippen molar-refractivity contribution in [1.29, 1.82) is 0 Å². The number of nitrogens with one attached hydrogen (secondary N) is 2. The Kier molecular flexibility index (Phi) is 9.26. The van der Waals surface area contributed by atoms with Crippen molar-refractivity contribution in [3.05, 3.63) is 71.8 Å². The molecule has 2 N–H and O–H groups in total. The smallest absolute Gasteiger partial charge is 0.264 e. The van der Waals surface area contributed by atoms with Gasteiger partial charge >= 0.3 is 0 Å². The van der Waals surface area contributed by atoms with Crippen LogP contribution in [0, 0.1) is 0 Å². The van der Waals surface area contributed by atoms with Crippen molar-refractivity contribution in [3.8, 4) is 11.5 Å². The second kappa shape index (κ2) is 12.0. The maximum atomic E-state index is 13.6. The van der Waals surface area contributed by atoms with Gasteiger partial charge in [-0.2, -0.15) is 0 Å². The zero-order valence-corrected chi connectivity index (χ0v) is 23.5. The highest BCUT2D eigenvalue weighted by atomic mass is 35.5. The third kappa shape index (κ3) is 6.76. The van der Waals surface area contributed by atoms with E-state index in [0.29, 0.717) is 0 Å². The quantitative estimate of drug-likeness (QED) is 0.351. The highest BCUT2D eigenvalue weighted by molar-refractivity contribution is 7.93. The maximum absolute atomic E-state index is 13.6. The van der Waals surface area contributed by atoms with E-state index in [1.165, 1.54) is 62.8 Å². The number of sulfonamides is 2. The van der Waals surface area contributed by atoms with Crippen LogP contribution in [0.5, 0.6) is 11.5 Å². The molecule has 13 heteroatoms. The number of hydrogen-bond acceptors (Lipinski definition) is 7. The number of carbonyl (C=O) groups excluding carboxylic acids is 1. The summed E-state index contributed by atoms with van der Waals surface area (Å²) in [7, 11) is -5.41. The molecule has 0 atom stereocenters. The second-order valence-corrected chi connectivity index (χ2v) is 12.3. The number of carbonyl (C=O) groups is 1. The predicted octanol–water partition coefficient (Wildman–Crippen LogP) is 3.88. The molecule has 0 fully saturated rings. The zero-order chi connectivity index (χ0) is 28.1. The van der Waals surface area contributed by atoms with Crippen molar-refractivity contribution in [3.63, 3.8) is 0 Å². The molecule has 0 bridgehead atoms. The van der Waals surface area contributed by atoms with Gasteiger partial charge in [0.25, 0.3) is 10.0 Å². The van der Waals surface area contributed by atoms with E-state index in [0.717, 1.165) is 4.31 Å². The number of nitrogens with zero attached hydrogens (tertiary/aromatic N) is 1. The minimum Gasteiger partial charge on any atom is -0.495 e. The third-order valence-corrected chi connectivity index (χ3v) is 8.84. The molecule has 0 aliphatic carbocycles. The van der Waals surface area contributed by atoms with Crippen LogP contribution in [0.4, 0.5) is 11.4 Å². The molecule has 0 aliphatic rings. The van der Waals surface area contributed by atoms with E-state index in [4.69, 9.17) is 21.1 Å². The predicted molar refractivity (Wildman–Crippen MR) is 146 cm³/mol. The Morgan fingerprint density at radius 1 is 0.895 bits per heavy atom. The van der Waals surface area contributed by atoms with Gasteiger partial charge in [0, 0.05) is 11.1 Å². The first-order chi connectivity index (χ1) is 17.9. The largest absolute Gasteiger partial charge is 0.495 e. The molecule has 0 radical (unpaired) electrons. The highest BCUT2D eigenvalue weighted by Gasteiger charge is 2.30. The first-order valence-electron chi connectivity index (χ1n) is 11.3. The Morgan fingerprint density at radius 2 is 1.53 bits per heavy atom. The number of anilines is 2. The van der Waals surface area contributed by atoms with Gasteiger partial charge in [-0.15, -0.1) is 0 Å². The molecule has 0 saturated heterocycles. The number of ether oxygens (including phenoxy) is 2. The fraction of sp³-hybridized carbons (Fsp3) is 0.240. The summed E-state index contributed by atoms with van der Waals surface area (Å²) in [5.74, 6) is -0.414. The summed E-state index contributed by atoms with van der Waals surface area (Å²) in [6.45, 7) is 2.67. The lowest BCUT2D eigenvalue weighted by molar-refractivity contribution is -0.114. The van der Waals surface area contributed by atoms with Crippen LogP contribution in [0.1, 0.15) is 13.8 Å². The SMILES string of the molecule is COc1ccc(S(=O)(=O)NC(C)C)cc1NC(=O)CN(c1cc(Cl)ccc1OC)S(=O)(=O)c1ccccc1. The molecule has 0 saturated carbocycles. The molecule has 0 spiro atoms. The van der Waals surface area contributed by atoms with E-state index in [2.05, 4.69) is 10.0 Å². The Hall–Kier alpha value is -3.32. The van der Waals surface area contributed by atoms with Crippen molar-refractivity contribution in [2.24, 2.45) is 0 Å². The van der Waals surface area contributed by atoms with E-state index in [9.17, 15) is 21.6 Å². The summed E-state index contributed by atoms with van der Waals surface area (Å²) in [4.78, 5) is 13.1. The van der Waals surface area contributed by atoms with E-state index in [1.54, 1.807) is 32.0 Å². The first kappa shape index (κ1) is 29.2. The van der Waals surface area contributed by atoms with E-state index in [-0.39, 0.29) is 43.7 Å². The van der Waals surface area contributed by atoms with Crippen molar-refractivity contribution in [2.75, 3.05) is 30.4 Å². The molecule has 3 aromatic carbocycles. The first-order valence-corrected chi connectivity index (χ1v) is 14.6. The van der Waals surface area contributed by atoms with Crippen LogP contribution in [0.15, 0.2) is 76.5 Å². The van der Waals surface area contributed by atoms with Crippen molar-refractivity contribution in [1.82, 2.24) is 4.72 Å². The summed E-state index contributed by atoms with van der Waals surface area (Å²) in [5, 5.41) is 2.80. The van der Waals surface area contributed by atoms with Gasteiger partial charge in [0.15, 0.2) is 0 Å². The van der Waals surface area contributed by atoms with Crippen LogP contribution < -0.4 is 23.8 Å². The molecular weight excluding hydrogens is 554 g/mol. The van der Waals surface area contributed by atoms with Crippen LogP contribution in [-0.4, -0.2) is 49.5 Å². The highest BCUT2D eigenvalue weighted by Crippen LogP contribution is 2.35. The fourth-order valence-electron chi connectivity index (χ4n) is 3.53. The van der Waals surface area contributed by atoms with Crippen LogP contribution >= 0.6 is 11.6 Å². The molecule has 10 nitrogen and oxygen atoms in total. The number of methoxy groups -OCH3 is 2. The van der Waals surface area contributed by atoms with Gasteiger partial charge < -0.3 is 14.8 Å². The van der Waals surface area contributed by atoms with Gasteiger partial charge in [0.2, 0.25) is 15.9 Å². The van der Waals surface area contributed by atoms with Gasteiger partial charge in [-0.05, 0) is 62.4 Å². The number of amides is 1. The van der Waals surface area contributed by atoms with Gasteiger partial charge in [-0.1, -0.05) is 29.8 Å². The standard InChI is InChI=1S/C25H28ClN3O7S2/c1-17(2)28-37(31,32)20-11-13-23(35-3)21(15-20)27-25(30)16-29(22-14-18(26)10-12-24(22)36-4)38(33,34)19-8-6-5-7-9-19/h5-15,17,28H,16H2,1-4H3,(H,27,30). The average molecular weight is 582 g/mol.